The van der Waals surface area contributed by atoms with E-state index in [-0.39, 0.29) is 0 Å². The number of carbonyl (C=O) groups excluding carboxylic acids is 1. The van der Waals surface area contributed by atoms with Crippen LogP contribution in [0.25, 0.3) is 0 Å². The molecule has 0 amide bonds. The van der Waals surface area contributed by atoms with Gasteiger partial charge in [0.1, 0.15) is 6.29 Å². The Labute approximate surface area is 78.8 Å². The highest BCUT2D eigenvalue weighted by Gasteiger charge is 2.36. The lowest BCUT2D eigenvalue weighted by Gasteiger charge is -1.97. The number of hydrogen-bond donors (Lipinski definition) is 0. The molecule has 0 aliphatic heterocycles. The zero-order chi connectivity index (χ0) is 9.10. The molecule has 1 heteroatoms. The molecule has 1 aliphatic carbocycles. The van der Waals surface area contributed by atoms with Gasteiger partial charge < -0.3 is 4.79 Å². The fraction of sp³-hybridized carbons (Fsp3) is 0.417. The van der Waals surface area contributed by atoms with Crippen molar-refractivity contribution in [2.45, 2.75) is 25.2 Å². The van der Waals surface area contributed by atoms with Crippen molar-refractivity contribution in [2.24, 2.45) is 5.92 Å². The quantitative estimate of drug-likeness (QED) is 0.641. The Hall–Kier alpha value is -1.11. The molecule has 0 spiro atoms. The standard InChI is InChI=1S/C12H14O/c13-8-4-7-11-9-12(11)10-5-2-1-3-6-10/h1-3,5-6,8,11-12H,4,7,9H2. The van der Waals surface area contributed by atoms with E-state index in [1.165, 1.54) is 12.0 Å². The van der Waals surface area contributed by atoms with E-state index in [0.29, 0.717) is 0 Å². The molecule has 13 heavy (non-hydrogen) atoms. The molecular formula is C12H14O. The minimum atomic E-state index is 0.730. The van der Waals surface area contributed by atoms with Crippen LogP contribution in [0.5, 0.6) is 0 Å². The molecule has 1 fully saturated rings. The van der Waals surface area contributed by atoms with Gasteiger partial charge in [0, 0.05) is 6.42 Å². The molecule has 1 aromatic rings. The second kappa shape index (κ2) is 3.73. The lowest BCUT2D eigenvalue weighted by Crippen LogP contribution is -1.84. The topological polar surface area (TPSA) is 17.1 Å². The summed E-state index contributed by atoms with van der Waals surface area (Å²) in [5, 5.41) is 0. The van der Waals surface area contributed by atoms with Crippen molar-refractivity contribution in [3.8, 4) is 0 Å². The fourth-order valence-corrected chi connectivity index (χ4v) is 1.96. The molecule has 0 N–H and O–H groups in total. The Morgan fingerprint density at radius 1 is 1.31 bits per heavy atom. The lowest BCUT2D eigenvalue weighted by molar-refractivity contribution is -0.108. The molecule has 1 nitrogen and oxygen atoms in total. The van der Waals surface area contributed by atoms with Crippen LogP contribution in [-0.4, -0.2) is 6.29 Å². The highest BCUT2D eigenvalue weighted by atomic mass is 16.1. The molecule has 1 saturated carbocycles. The summed E-state index contributed by atoms with van der Waals surface area (Å²) in [6, 6.07) is 10.6. The zero-order valence-corrected chi connectivity index (χ0v) is 7.65. The van der Waals surface area contributed by atoms with Crippen molar-refractivity contribution in [3.63, 3.8) is 0 Å². The normalized spacial score (nSPS) is 25.5. The third-order valence-corrected chi connectivity index (χ3v) is 2.81. The summed E-state index contributed by atoms with van der Waals surface area (Å²) in [7, 11) is 0. The molecule has 2 rings (SSSR count). The number of hydrogen-bond acceptors (Lipinski definition) is 1. The van der Waals surface area contributed by atoms with Crippen molar-refractivity contribution < 1.29 is 4.79 Å². The summed E-state index contributed by atoms with van der Waals surface area (Å²) in [6.07, 6.45) is 4.11. The number of benzene rings is 1. The van der Waals surface area contributed by atoms with Crippen molar-refractivity contribution in [1.82, 2.24) is 0 Å². The highest BCUT2D eigenvalue weighted by molar-refractivity contribution is 5.49. The SMILES string of the molecule is O=CCCC1CC1c1ccccc1. The van der Waals surface area contributed by atoms with E-state index in [9.17, 15) is 4.79 Å². The Balaban J connectivity index is 1.89. The minimum absolute atomic E-state index is 0.730. The van der Waals surface area contributed by atoms with Crippen LogP contribution in [0.3, 0.4) is 0 Å². The van der Waals surface area contributed by atoms with Gasteiger partial charge in [0.15, 0.2) is 0 Å². The van der Waals surface area contributed by atoms with Gasteiger partial charge in [0.25, 0.3) is 0 Å². The summed E-state index contributed by atoms with van der Waals surface area (Å²) >= 11 is 0. The van der Waals surface area contributed by atoms with E-state index in [4.69, 9.17) is 0 Å². The number of rotatable bonds is 4. The third kappa shape index (κ3) is 1.97. The first-order valence-corrected chi connectivity index (χ1v) is 4.90. The van der Waals surface area contributed by atoms with Crippen molar-refractivity contribution in [2.75, 3.05) is 0 Å². The zero-order valence-electron chi connectivity index (χ0n) is 7.65. The molecule has 0 bridgehead atoms. The van der Waals surface area contributed by atoms with Gasteiger partial charge in [-0.2, -0.15) is 0 Å². The van der Waals surface area contributed by atoms with Gasteiger partial charge in [-0.15, -0.1) is 0 Å². The first-order valence-electron chi connectivity index (χ1n) is 4.90. The van der Waals surface area contributed by atoms with Crippen LogP contribution in [0.1, 0.15) is 30.7 Å². The maximum absolute atomic E-state index is 10.2. The highest BCUT2D eigenvalue weighted by Crippen LogP contribution is 2.49. The molecule has 2 atom stereocenters. The first kappa shape index (κ1) is 8.49. The van der Waals surface area contributed by atoms with E-state index >= 15 is 0 Å². The Morgan fingerprint density at radius 2 is 2.08 bits per heavy atom. The van der Waals surface area contributed by atoms with Gasteiger partial charge in [-0.25, -0.2) is 0 Å². The summed E-state index contributed by atoms with van der Waals surface area (Å²) < 4.78 is 0. The molecule has 0 radical (unpaired) electrons. The van der Waals surface area contributed by atoms with Crippen LogP contribution in [0.2, 0.25) is 0 Å². The molecule has 2 unspecified atom stereocenters. The summed E-state index contributed by atoms with van der Waals surface area (Å²) in [4.78, 5) is 10.2. The van der Waals surface area contributed by atoms with Crippen LogP contribution >= 0.6 is 0 Å². The van der Waals surface area contributed by atoms with E-state index in [2.05, 4.69) is 24.3 Å². The van der Waals surface area contributed by atoms with Crippen LogP contribution in [-0.2, 0) is 4.79 Å². The van der Waals surface area contributed by atoms with E-state index in [1.54, 1.807) is 0 Å². The Bertz CT molecular complexity index is 278. The maximum Gasteiger partial charge on any atom is 0.120 e. The summed E-state index contributed by atoms with van der Waals surface area (Å²) in [5.41, 5.74) is 1.44. The van der Waals surface area contributed by atoms with Crippen LogP contribution in [0, 0.1) is 5.92 Å². The average Bonchev–Trinajstić information content (AvgIpc) is 2.95. The summed E-state index contributed by atoms with van der Waals surface area (Å²) in [5.74, 6) is 1.51. The van der Waals surface area contributed by atoms with Gasteiger partial charge >= 0.3 is 0 Å². The van der Waals surface area contributed by atoms with E-state index in [1.807, 2.05) is 6.07 Å². The predicted octanol–water partition coefficient (Wildman–Crippen LogP) is 2.77. The van der Waals surface area contributed by atoms with Crippen LogP contribution < -0.4 is 0 Å². The molecular weight excluding hydrogens is 160 g/mol. The molecule has 1 aliphatic rings. The van der Waals surface area contributed by atoms with Gasteiger partial charge in [-0.1, -0.05) is 30.3 Å². The van der Waals surface area contributed by atoms with Crippen LogP contribution in [0.4, 0.5) is 0 Å². The predicted molar refractivity (Wildman–Crippen MR) is 52.6 cm³/mol. The molecule has 0 saturated heterocycles. The van der Waals surface area contributed by atoms with E-state index < -0.39 is 0 Å². The van der Waals surface area contributed by atoms with Crippen molar-refractivity contribution in [1.29, 1.82) is 0 Å². The maximum atomic E-state index is 10.2. The largest absolute Gasteiger partial charge is 0.303 e. The first-order chi connectivity index (χ1) is 6.42. The number of aldehydes is 1. The van der Waals surface area contributed by atoms with Crippen molar-refractivity contribution >= 4 is 6.29 Å². The minimum Gasteiger partial charge on any atom is -0.303 e. The fourth-order valence-electron chi connectivity index (χ4n) is 1.96. The van der Waals surface area contributed by atoms with Gasteiger partial charge in [0.05, 0.1) is 0 Å². The molecule has 0 aromatic heterocycles. The monoisotopic (exact) mass is 174 g/mol. The Morgan fingerprint density at radius 3 is 2.77 bits per heavy atom. The van der Waals surface area contributed by atoms with E-state index in [0.717, 1.165) is 31.0 Å². The van der Waals surface area contributed by atoms with Crippen molar-refractivity contribution in [3.05, 3.63) is 35.9 Å². The summed E-state index contributed by atoms with van der Waals surface area (Å²) in [6.45, 7) is 0. The van der Waals surface area contributed by atoms with Gasteiger partial charge in [-0.05, 0) is 30.2 Å². The van der Waals surface area contributed by atoms with Crippen LogP contribution in [0.15, 0.2) is 30.3 Å². The average molecular weight is 174 g/mol. The lowest BCUT2D eigenvalue weighted by atomic mass is 10.1. The Kier molecular flexibility index (Phi) is 2.44. The third-order valence-electron chi connectivity index (χ3n) is 2.81. The smallest absolute Gasteiger partial charge is 0.120 e. The van der Waals surface area contributed by atoms with Gasteiger partial charge in [0.2, 0.25) is 0 Å². The second-order valence-corrected chi connectivity index (χ2v) is 3.76. The molecule has 0 heterocycles. The number of carbonyl (C=O) groups is 1. The molecule has 1 aromatic carbocycles. The van der Waals surface area contributed by atoms with Gasteiger partial charge in [-0.3, -0.25) is 0 Å². The second-order valence-electron chi connectivity index (χ2n) is 3.76. The molecule has 68 valence electrons.